The van der Waals surface area contributed by atoms with Crippen molar-refractivity contribution in [3.63, 3.8) is 0 Å². The Hall–Kier alpha value is -2.58. The number of likely N-dealkylation sites (N-methyl/N-ethyl adjacent to an activating group) is 1. The Labute approximate surface area is 251 Å². The van der Waals surface area contributed by atoms with E-state index < -0.39 is 25.1 Å². The van der Waals surface area contributed by atoms with Gasteiger partial charge in [-0.3, -0.25) is 28.5 Å². The minimum atomic E-state index is -3.44. The number of esters is 1. The minimum Gasteiger partial charge on any atom is -0.427 e. The topological polar surface area (TPSA) is 140 Å². The van der Waals surface area contributed by atoms with E-state index in [1.54, 1.807) is 13.8 Å². The molecular weight excluding hydrogens is 600 g/mol. The van der Waals surface area contributed by atoms with Crippen LogP contribution in [0.25, 0.3) is 0 Å². The second kappa shape index (κ2) is 22.9. The second-order valence-electron chi connectivity index (χ2n) is 10.00. The summed E-state index contributed by atoms with van der Waals surface area (Å²) in [5.41, 5.74) is -0.0315. The molecule has 12 nitrogen and oxygen atoms in total. The number of ether oxygens (including phenoxy) is 1. The zero-order chi connectivity index (χ0) is 32.7. The fourth-order valence-electron chi connectivity index (χ4n) is 3.66. The van der Waals surface area contributed by atoms with Crippen LogP contribution in [0.5, 0.6) is 5.75 Å². The summed E-state index contributed by atoms with van der Waals surface area (Å²) >= 11 is 0. The summed E-state index contributed by atoms with van der Waals surface area (Å²) in [7, 11) is 0.842. The molecule has 0 saturated carbocycles. The maximum Gasteiger partial charge on any atom is 0.474 e. The molecule has 0 aliphatic rings. The van der Waals surface area contributed by atoms with Crippen LogP contribution in [0.2, 0.25) is 0 Å². The molecule has 0 heterocycles. The summed E-state index contributed by atoms with van der Waals surface area (Å²) in [5, 5.41) is 10.6. The molecular formula is C27H45F3N2O10P+. The van der Waals surface area contributed by atoms with E-state index in [4.69, 9.17) is 23.1 Å². The van der Waals surface area contributed by atoms with Crippen molar-refractivity contribution in [1.82, 2.24) is 0 Å². The molecule has 248 valence electrons. The molecule has 0 fully saturated rings. The molecule has 0 aromatic heterocycles. The Balaban J connectivity index is 0.00000223. The number of alkyl halides is 2. The Morgan fingerprint density at radius 1 is 0.884 bits per heavy atom. The van der Waals surface area contributed by atoms with Crippen molar-refractivity contribution < 1.29 is 60.1 Å². The van der Waals surface area contributed by atoms with E-state index in [1.165, 1.54) is 43.5 Å². The first-order valence-electron chi connectivity index (χ1n) is 14.2. The minimum absolute atomic E-state index is 0.0315. The molecule has 0 N–H and O–H groups in total. The fraction of sp³-hybridized carbons (Fsp3) is 0.704. The quantitative estimate of drug-likeness (QED) is 0.0247. The molecule has 0 bridgehead atoms. The average Bonchev–Trinajstić information content (AvgIpc) is 2.94. The molecule has 0 radical (unpaired) electrons. The number of carbonyl (C=O) groups excluding carboxylic acids is 2. The van der Waals surface area contributed by atoms with Crippen LogP contribution in [0, 0.1) is 10.1 Å². The number of phosphoric acid groups is 1. The third kappa shape index (κ3) is 20.9. The number of carbonyl (C=O) groups is 2. The first-order valence-corrected chi connectivity index (χ1v) is 15.7. The summed E-state index contributed by atoms with van der Waals surface area (Å²) < 4.78 is 65.8. The number of nitro benzene ring substituents is 1. The van der Waals surface area contributed by atoms with Crippen LogP contribution in [0.4, 0.5) is 19.0 Å². The zero-order valence-electron chi connectivity index (χ0n) is 25.3. The fourth-order valence-corrected chi connectivity index (χ4v) is 4.82. The predicted octanol–water partition coefficient (Wildman–Crippen LogP) is 6.96. The van der Waals surface area contributed by atoms with E-state index in [0.717, 1.165) is 49.7 Å². The van der Waals surface area contributed by atoms with Gasteiger partial charge in [0.1, 0.15) is 18.9 Å². The van der Waals surface area contributed by atoms with Crippen molar-refractivity contribution in [1.29, 1.82) is 0 Å². The van der Waals surface area contributed by atoms with Gasteiger partial charge in [-0.15, -0.1) is 0 Å². The highest BCUT2D eigenvalue weighted by Gasteiger charge is 2.27. The van der Waals surface area contributed by atoms with Crippen LogP contribution in [0.15, 0.2) is 24.3 Å². The largest absolute Gasteiger partial charge is 0.474 e. The van der Waals surface area contributed by atoms with E-state index in [1.807, 2.05) is 0 Å². The number of hydrogen-bond acceptors (Lipinski definition) is 10. The van der Waals surface area contributed by atoms with Gasteiger partial charge in [0.05, 0.1) is 38.8 Å². The van der Waals surface area contributed by atoms with Crippen LogP contribution < -0.4 is 4.74 Å². The summed E-state index contributed by atoms with van der Waals surface area (Å²) in [6.07, 6.45) is 5.61. The smallest absolute Gasteiger partial charge is 0.427 e. The average molecular weight is 646 g/mol. The van der Waals surface area contributed by atoms with Gasteiger partial charge in [-0.2, -0.15) is 8.78 Å². The van der Waals surface area contributed by atoms with Gasteiger partial charge in [0.2, 0.25) is 0 Å². The Bertz CT molecular complexity index is 974. The Morgan fingerprint density at radius 3 is 1.84 bits per heavy atom. The van der Waals surface area contributed by atoms with Gasteiger partial charge < -0.3 is 9.22 Å². The third-order valence-electron chi connectivity index (χ3n) is 5.95. The monoisotopic (exact) mass is 645 g/mol. The summed E-state index contributed by atoms with van der Waals surface area (Å²) in [4.78, 5) is 33.3. The summed E-state index contributed by atoms with van der Waals surface area (Å²) in [6, 6.07) is 5.52. The van der Waals surface area contributed by atoms with Gasteiger partial charge >= 0.3 is 26.2 Å². The molecule has 0 saturated heterocycles. The van der Waals surface area contributed by atoms with Gasteiger partial charge in [0, 0.05) is 23.1 Å². The SMILES string of the molecule is CCOP(=O)(OCC)OCC[N+](C)(C)CCCCCCCCCCC(=O)Oc1ccc([N+](=O)[O-])cc1.O=C(OF)C(F)F. The standard InChI is InChI=1S/C25H44N2O8P.C2HF3O2/c1-5-32-36(31,33-6-2)34-22-21-27(3,4)20-14-12-10-8-7-9-11-13-15-25(28)35-24-18-16-23(17-19-24)26(29)30;3-1(4)2(6)7-5/h16-19H,5-15,20-22H2,1-4H3;1H/q+1;. The lowest BCUT2D eigenvalue weighted by Gasteiger charge is -2.30. The van der Waals surface area contributed by atoms with Crippen molar-refractivity contribution >= 4 is 25.4 Å². The molecule has 1 aromatic rings. The third-order valence-corrected chi connectivity index (χ3v) is 7.60. The molecule has 0 amide bonds. The number of nitro groups is 1. The van der Waals surface area contributed by atoms with Crippen LogP contribution in [0.1, 0.15) is 71.6 Å². The highest BCUT2D eigenvalue weighted by atomic mass is 31.2. The molecule has 1 rings (SSSR count). The van der Waals surface area contributed by atoms with Gasteiger partial charge in [-0.1, -0.05) is 32.1 Å². The van der Waals surface area contributed by atoms with E-state index in [0.29, 0.717) is 18.8 Å². The maximum absolute atomic E-state index is 12.3. The molecule has 16 heteroatoms. The van der Waals surface area contributed by atoms with E-state index in [-0.39, 0.29) is 24.9 Å². The number of unbranched alkanes of at least 4 members (excludes halogenated alkanes) is 7. The number of nitrogens with zero attached hydrogens (tertiary/aromatic N) is 2. The second-order valence-corrected chi connectivity index (χ2v) is 11.7. The van der Waals surface area contributed by atoms with Crippen LogP contribution >= 0.6 is 7.82 Å². The summed E-state index contributed by atoms with van der Waals surface area (Å²) in [6.45, 7) is 6.17. The van der Waals surface area contributed by atoms with Crippen molar-refractivity contribution in [3.8, 4) is 5.75 Å². The van der Waals surface area contributed by atoms with Crippen molar-refractivity contribution in [2.75, 3.05) is 47.0 Å². The van der Waals surface area contributed by atoms with E-state index in [9.17, 15) is 32.8 Å². The van der Waals surface area contributed by atoms with Crippen molar-refractivity contribution in [3.05, 3.63) is 34.4 Å². The molecule has 0 atom stereocenters. The molecule has 0 aliphatic carbocycles. The summed E-state index contributed by atoms with van der Waals surface area (Å²) in [5.74, 6) is -2.13. The van der Waals surface area contributed by atoms with Crippen molar-refractivity contribution in [2.45, 2.75) is 78.1 Å². The predicted molar refractivity (Wildman–Crippen MR) is 152 cm³/mol. The molecule has 0 spiro atoms. The number of hydrogen-bond donors (Lipinski definition) is 0. The number of phosphoric ester groups is 1. The van der Waals surface area contributed by atoms with Gasteiger partial charge in [-0.05, 0) is 45.2 Å². The van der Waals surface area contributed by atoms with Gasteiger partial charge in [-0.25, -0.2) is 14.3 Å². The van der Waals surface area contributed by atoms with Gasteiger partial charge in [0.15, 0.2) is 0 Å². The normalized spacial score (nSPS) is 11.5. The first-order chi connectivity index (χ1) is 20.3. The zero-order valence-corrected chi connectivity index (χ0v) is 26.2. The highest BCUT2D eigenvalue weighted by Crippen LogP contribution is 2.49. The maximum atomic E-state index is 12.3. The van der Waals surface area contributed by atoms with Gasteiger partial charge in [0.25, 0.3) is 5.69 Å². The first kappa shape index (κ1) is 40.4. The number of rotatable bonds is 22. The van der Waals surface area contributed by atoms with Crippen LogP contribution in [-0.4, -0.2) is 74.8 Å². The number of quaternary nitrogens is 1. The molecule has 0 unspecified atom stereocenters. The lowest BCUT2D eigenvalue weighted by atomic mass is 10.1. The lowest BCUT2D eigenvalue weighted by molar-refractivity contribution is -0.890. The molecule has 0 aliphatic heterocycles. The lowest BCUT2D eigenvalue weighted by Crippen LogP contribution is -2.43. The Kier molecular flexibility index (Phi) is 21.5. The van der Waals surface area contributed by atoms with Crippen LogP contribution in [0.3, 0.4) is 0 Å². The highest BCUT2D eigenvalue weighted by molar-refractivity contribution is 7.48. The van der Waals surface area contributed by atoms with E-state index in [2.05, 4.69) is 19.0 Å². The molecule has 43 heavy (non-hydrogen) atoms. The number of benzene rings is 1. The van der Waals surface area contributed by atoms with Crippen molar-refractivity contribution in [2.24, 2.45) is 0 Å². The van der Waals surface area contributed by atoms with E-state index >= 15 is 0 Å². The van der Waals surface area contributed by atoms with Crippen LogP contribution in [-0.2, 0) is 32.7 Å². The molecule has 1 aromatic carbocycles. The number of non-ortho nitro benzene ring substituents is 1. The Morgan fingerprint density at radius 2 is 1.40 bits per heavy atom. The number of halogens is 3.